The Morgan fingerprint density at radius 3 is 1.60 bits per heavy atom. The first kappa shape index (κ1) is 14.1. The number of rotatable bonds is 0. The summed E-state index contributed by atoms with van der Waals surface area (Å²) in [6.45, 7) is 0. The van der Waals surface area contributed by atoms with Gasteiger partial charge < -0.3 is 2.85 Å². The molecule has 0 unspecified atom stereocenters. The third-order valence-corrected chi connectivity index (χ3v) is 1.64. The summed E-state index contributed by atoms with van der Waals surface area (Å²) in [5.41, 5.74) is 0. The van der Waals surface area contributed by atoms with Gasteiger partial charge in [0, 0.05) is 7.05 Å². The molecule has 0 spiro atoms. The van der Waals surface area contributed by atoms with Crippen molar-refractivity contribution >= 4 is 24.4 Å². The average molecular weight is 195 g/mol. The first-order chi connectivity index (χ1) is 3.72. The standard InChI is InChI=1S/C3H5N3S2.2Na.2H/c1-6-2(7)4-5-3(6)8;;;;/h1H3,(H,4,7)(H,5,8);;;;/q;2*+1;2*-1. The van der Waals surface area contributed by atoms with Gasteiger partial charge >= 0.3 is 59.1 Å². The summed E-state index contributed by atoms with van der Waals surface area (Å²) in [4.78, 5) is 0. The molecule has 10 heavy (non-hydrogen) atoms. The Balaban J connectivity index is -0.0000000800. The number of aromatic nitrogens is 3. The fourth-order valence-corrected chi connectivity index (χ4v) is 0.709. The number of hydrogen-bond acceptors (Lipinski definition) is 2. The van der Waals surface area contributed by atoms with Gasteiger partial charge in [0.15, 0.2) is 9.54 Å². The molecule has 0 saturated carbocycles. The molecule has 0 bridgehead atoms. The van der Waals surface area contributed by atoms with Crippen molar-refractivity contribution in [3.63, 3.8) is 0 Å². The van der Waals surface area contributed by atoms with Gasteiger partial charge in [-0.1, -0.05) is 0 Å². The van der Waals surface area contributed by atoms with E-state index >= 15 is 0 Å². The van der Waals surface area contributed by atoms with E-state index < -0.39 is 0 Å². The molecule has 0 aromatic carbocycles. The van der Waals surface area contributed by atoms with Crippen molar-refractivity contribution < 1.29 is 62.0 Å². The van der Waals surface area contributed by atoms with Gasteiger partial charge in [0.25, 0.3) is 0 Å². The van der Waals surface area contributed by atoms with Gasteiger partial charge in [0.2, 0.25) is 0 Å². The van der Waals surface area contributed by atoms with E-state index in [4.69, 9.17) is 24.4 Å². The fraction of sp³-hybridized carbons (Fsp3) is 0.333. The first-order valence-electron chi connectivity index (χ1n) is 2.05. The molecule has 1 heterocycles. The van der Waals surface area contributed by atoms with E-state index in [0.717, 1.165) is 0 Å². The van der Waals surface area contributed by atoms with Crippen LogP contribution in [0, 0.1) is 9.54 Å². The maximum atomic E-state index is 4.78. The Morgan fingerprint density at radius 2 is 1.50 bits per heavy atom. The SMILES string of the molecule is Cn1c(=S)[nH][nH]c1=S.[H-].[H-].[Na+].[Na+]. The first-order valence-corrected chi connectivity index (χ1v) is 2.87. The number of aromatic amines is 2. The summed E-state index contributed by atoms with van der Waals surface area (Å²) in [7, 11) is 1.80. The smallest absolute Gasteiger partial charge is 1.00 e. The Hall–Kier alpha value is 1.58. The minimum atomic E-state index is 0. The van der Waals surface area contributed by atoms with Gasteiger partial charge in [-0.2, -0.15) is 0 Å². The third-order valence-electron chi connectivity index (χ3n) is 0.886. The molecular weight excluding hydrogens is 188 g/mol. The number of nitrogens with one attached hydrogen (secondary N) is 2. The minimum absolute atomic E-state index is 0. The normalized spacial score (nSPS) is 7.70. The second-order valence-electron chi connectivity index (χ2n) is 1.42. The topological polar surface area (TPSA) is 36.5 Å². The molecule has 7 heteroatoms. The molecule has 0 radical (unpaired) electrons. The van der Waals surface area contributed by atoms with E-state index in [-0.39, 0.29) is 62.0 Å². The summed E-state index contributed by atoms with van der Waals surface area (Å²) >= 11 is 9.57. The zero-order chi connectivity index (χ0) is 6.15. The van der Waals surface area contributed by atoms with Crippen LogP contribution in [-0.4, -0.2) is 14.8 Å². The molecule has 2 N–H and O–H groups in total. The maximum absolute atomic E-state index is 4.78. The van der Waals surface area contributed by atoms with E-state index in [0.29, 0.717) is 9.54 Å². The van der Waals surface area contributed by atoms with Gasteiger partial charge in [-0.3, -0.25) is 14.8 Å². The Labute approximate surface area is 116 Å². The van der Waals surface area contributed by atoms with Crippen LogP contribution in [0.5, 0.6) is 0 Å². The zero-order valence-corrected chi connectivity index (χ0v) is 11.9. The molecule has 3 nitrogen and oxygen atoms in total. The molecule has 0 aliphatic carbocycles. The quantitative estimate of drug-likeness (QED) is 0.323. The van der Waals surface area contributed by atoms with Gasteiger partial charge in [-0.25, -0.2) is 0 Å². The van der Waals surface area contributed by atoms with Crippen LogP contribution < -0.4 is 59.1 Å². The summed E-state index contributed by atoms with van der Waals surface area (Å²) in [6.07, 6.45) is 0. The predicted octanol–water partition coefficient (Wildman–Crippen LogP) is -4.63. The van der Waals surface area contributed by atoms with E-state index in [9.17, 15) is 0 Å². The van der Waals surface area contributed by atoms with Crippen molar-refractivity contribution in [1.29, 1.82) is 0 Å². The van der Waals surface area contributed by atoms with Gasteiger partial charge in [0.1, 0.15) is 0 Å². The third kappa shape index (κ3) is 3.32. The monoisotopic (exact) mass is 195 g/mol. The Bertz CT molecular complexity index is 265. The second-order valence-corrected chi connectivity index (χ2v) is 2.19. The fourth-order valence-electron chi connectivity index (χ4n) is 0.367. The summed E-state index contributed by atoms with van der Waals surface area (Å²) in [6, 6.07) is 0. The van der Waals surface area contributed by atoms with Crippen LogP contribution in [-0.2, 0) is 7.05 Å². The number of hydrogen-bond donors (Lipinski definition) is 2. The molecule has 0 amide bonds. The number of H-pyrrole nitrogens is 2. The molecule has 48 valence electrons. The van der Waals surface area contributed by atoms with Crippen LogP contribution in [0.4, 0.5) is 0 Å². The van der Waals surface area contributed by atoms with Crippen LogP contribution in [0.1, 0.15) is 2.85 Å². The van der Waals surface area contributed by atoms with Crippen LogP contribution in [0.2, 0.25) is 0 Å². The van der Waals surface area contributed by atoms with E-state index in [1.807, 2.05) is 0 Å². The van der Waals surface area contributed by atoms with Crippen LogP contribution in [0.3, 0.4) is 0 Å². The van der Waals surface area contributed by atoms with E-state index in [2.05, 4.69) is 10.2 Å². The molecule has 0 fully saturated rings. The summed E-state index contributed by atoms with van der Waals surface area (Å²) in [5, 5.41) is 5.37. The van der Waals surface area contributed by atoms with Crippen LogP contribution >= 0.6 is 24.4 Å². The van der Waals surface area contributed by atoms with Crippen LogP contribution in [0.25, 0.3) is 0 Å². The van der Waals surface area contributed by atoms with E-state index in [1.165, 1.54) is 0 Å². The Kier molecular flexibility index (Phi) is 8.67. The Morgan fingerprint density at radius 1 is 1.20 bits per heavy atom. The molecule has 1 aromatic rings. The molecule has 0 atom stereocenters. The van der Waals surface area contributed by atoms with Crippen LogP contribution in [0.15, 0.2) is 0 Å². The van der Waals surface area contributed by atoms with Crippen molar-refractivity contribution in [2.75, 3.05) is 0 Å². The zero-order valence-electron chi connectivity index (χ0n) is 8.26. The van der Waals surface area contributed by atoms with Crippen molar-refractivity contribution in [3.8, 4) is 0 Å². The minimum Gasteiger partial charge on any atom is -1.00 e. The predicted molar refractivity (Wildman–Crippen MR) is 38.0 cm³/mol. The molecule has 1 aromatic heterocycles. The van der Waals surface area contributed by atoms with Gasteiger partial charge in [0.05, 0.1) is 0 Å². The summed E-state index contributed by atoms with van der Waals surface area (Å²) < 4.78 is 2.93. The molecule has 1 rings (SSSR count). The maximum Gasteiger partial charge on any atom is 1.00 e. The molecule has 0 aliphatic rings. The molecular formula is C3H7N3Na2S2. The molecule has 0 aliphatic heterocycles. The average Bonchev–Trinajstić information content (AvgIpc) is 1.98. The van der Waals surface area contributed by atoms with Crippen molar-refractivity contribution in [2.45, 2.75) is 0 Å². The summed E-state index contributed by atoms with van der Waals surface area (Å²) in [5.74, 6) is 0. The van der Waals surface area contributed by atoms with Crippen molar-refractivity contribution in [1.82, 2.24) is 14.8 Å². The largest absolute Gasteiger partial charge is 1.00 e. The van der Waals surface area contributed by atoms with Gasteiger partial charge in [-0.15, -0.1) is 0 Å². The van der Waals surface area contributed by atoms with Crippen molar-refractivity contribution in [2.24, 2.45) is 7.05 Å². The van der Waals surface area contributed by atoms with E-state index in [1.54, 1.807) is 11.6 Å². The van der Waals surface area contributed by atoms with Crippen molar-refractivity contribution in [3.05, 3.63) is 9.54 Å². The second kappa shape index (κ2) is 6.14. The van der Waals surface area contributed by atoms with Gasteiger partial charge in [-0.05, 0) is 24.4 Å². The number of nitrogens with zero attached hydrogens (tertiary/aromatic N) is 1. The molecule has 0 saturated heterocycles.